The molecule has 3 aromatic rings. The fraction of sp³-hybridized carbons (Fsp3) is 0.238. The van der Waals surface area contributed by atoms with Crippen LogP contribution in [-0.4, -0.2) is 19.8 Å². The number of hydrogen-bond donors (Lipinski definition) is 2. The minimum atomic E-state index is -0.191. The van der Waals surface area contributed by atoms with Crippen molar-refractivity contribution in [1.82, 2.24) is 14.9 Å². The molecule has 2 N–H and O–H groups in total. The molecule has 5 nitrogen and oxygen atoms in total. The number of hydrogen-bond acceptors (Lipinski definition) is 3. The molecule has 0 amide bonds. The SMILES string of the molecule is CC(C)n1cccc1[C@H]1[C@H](c2ccccn2)NC(=S)N1c1cc(Cl)ccc1O. The van der Waals surface area contributed by atoms with Gasteiger partial charge in [0.1, 0.15) is 11.8 Å². The van der Waals surface area contributed by atoms with Gasteiger partial charge in [0.25, 0.3) is 0 Å². The van der Waals surface area contributed by atoms with Crippen molar-refractivity contribution >= 4 is 34.6 Å². The smallest absolute Gasteiger partial charge is 0.174 e. The van der Waals surface area contributed by atoms with Gasteiger partial charge in [-0.1, -0.05) is 17.7 Å². The van der Waals surface area contributed by atoms with Crippen molar-refractivity contribution in [3.63, 3.8) is 0 Å². The number of thiocarbonyl (C=S) groups is 1. The van der Waals surface area contributed by atoms with Crippen molar-refractivity contribution in [2.45, 2.75) is 32.0 Å². The van der Waals surface area contributed by atoms with Gasteiger partial charge >= 0.3 is 0 Å². The summed E-state index contributed by atoms with van der Waals surface area (Å²) in [5, 5.41) is 15.0. The number of nitrogens with zero attached hydrogens (tertiary/aromatic N) is 3. The number of pyridine rings is 1. The Bertz CT molecular complexity index is 1000. The first kappa shape index (κ1) is 18.8. The second kappa shape index (κ2) is 7.45. The first-order chi connectivity index (χ1) is 13.5. The number of benzene rings is 1. The van der Waals surface area contributed by atoms with Gasteiger partial charge in [0, 0.05) is 29.2 Å². The third-order valence-electron chi connectivity index (χ3n) is 4.97. The van der Waals surface area contributed by atoms with E-state index in [1.54, 1.807) is 24.4 Å². The molecule has 28 heavy (non-hydrogen) atoms. The van der Waals surface area contributed by atoms with E-state index in [1.807, 2.05) is 29.2 Å². The number of aromatic nitrogens is 2. The van der Waals surface area contributed by atoms with Crippen LogP contribution in [0, 0.1) is 0 Å². The molecule has 0 saturated carbocycles. The van der Waals surface area contributed by atoms with Crippen LogP contribution in [0.5, 0.6) is 5.75 Å². The standard InChI is InChI=1S/C21H21ClN4OS/c1-13(2)25-11-5-7-16(25)20-19(15-6-3-4-10-23-15)24-21(28)26(20)17-12-14(22)8-9-18(17)27/h3-13,19-20,27H,1-2H3,(H,24,28)/t19-,20-/m0/s1. The summed E-state index contributed by atoms with van der Waals surface area (Å²) in [5.41, 5.74) is 2.54. The number of aromatic hydroxyl groups is 1. The highest BCUT2D eigenvalue weighted by atomic mass is 35.5. The molecule has 7 heteroatoms. The van der Waals surface area contributed by atoms with E-state index in [2.05, 4.69) is 41.0 Å². The Morgan fingerprint density at radius 1 is 1.18 bits per heavy atom. The van der Waals surface area contributed by atoms with Crippen LogP contribution in [0.3, 0.4) is 0 Å². The molecule has 0 bridgehead atoms. The number of halogens is 1. The molecule has 0 aliphatic carbocycles. The summed E-state index contributed by atoms with van der Waals surface area (Å²) in [5.74, 6) is 0.128. The summed E-state index contributed by atoms with van der Waals surface area (Å²) >= 11 is 11.9. The van der Waals surface area contributed by atoms with Gasteiger partial charge in [0.05, 0.1) is 17.4 Å². The monoisotopic (exact) mass is 412 g/mol. The van der Waals surface area contributed by atoms with E-state index in [1.165, 1.54) is 0 Å². The highest BCUT2D eigenvalue weighted by molar-refractivity contribution is 7.80. The fourth-order valence-electron chi connectivity index (χ4n) is 3.73. The van der Waals surface area contributed by atoms with E-state index in [0.717, 1.165) is 11.4 Å². The van der Waals surface area contributed by atoms with Crippen LogP contribution in [-0.2, 0) is 0 Å². The van der Waals surface area contributed by atoms with Crippen molar-refractivity contribution in [2.75, 3.05) is 4.90 Å². The van der Waals surface area contributed by atoms with Gasteiger partial charge < -0.3 is 19.9 Å². The quantitative estimate of drug-likeness (QED) is 0.590. The topological polar surface area (TPSA) is 53.3 Å². The predicted octanol–water partition coefficient (Wildman–Crippen LogP) is 5.00. The van der Waals surface area contributed by atoms with Gasteiger partial charge in [-0.05, 0) is 68.5 Å². The van der Waals surface area contributed by atoms with Gasteiger partial charge in [-0.3, -0.25) is 4.98 Å². The summed E-state index contributed by atoms with van der Waals surface area (Å²) in [7, 11) is 0. The lowest BCUT2D eigenvalue weighted by Crippen LogP contribution is -2.30. The summed E-state index contributed by atoms with van der Waals surface area (Å²) in [6.45, 7) is 4.28. The molecule has 2 aromatic heterocycles. The summed E-state index contributed by atoms with van der Waals surface area (Å²) in [4.78, 5) is 6.49. The Morgan fingerprint density at radius 3 is 2.71 bits per heavy atom. The Kier molecular flexibility index (Phi) is 5.00. The van der Waals surface area contributed by atoms with Crippen molar-refractivity contribution < 1.29 is 5.11 Å². The molecule has 0 radical (unpaired) electrons. The highest BCUT2D eigenvalue weighted by Gasteiger charge is 2.43. The zero-order chi connectivity index (χ0) is 19.8. The number of phenolic OH excluding ortho intramolecular Hbond substituents is 1. The largest absolute Gasteiger partial charge is 0.506 e. The Balaban J connectivity index is 1.90. The lowest BCUT2D eigenvalue weighted by molar-refractivity contribution is 0.467. The lowest BCUT2D eigenvalue weighted by Gasteiger charge is -2.30. The molecule has 0 unspecified atom stereocenters. The Labute approximate surface area is 174 Å². The van der Waals surface area contributed by atoms with Gasteiger partial charge in [-0.25, -0.2) is 0 Å². The van der Waals surface area contributed by atoms with E-state index in [4.69, 9.17) is 23.8 Å². The van der Waals surface area contributed by atoms with Gasteiger partial charge in [0.2, 0.25) is 0 Å². The van der Waals surface area contributed by atoms with Crippen LogP contribution < -0.4 is 10.2 Å². The van der Waals surface area contributed by atoms with Crippen LogP contribution in [0.4, 0.5) is 5.69 Å². The molecule has 1 fully saturated rings. The van der Waals surface area contributed by atoms with Crippen molar-refractivity contribution in [1.29, 1.82) is 0 Å². The lowest BCUT2D eigenvalue weighted by atomic mass is 10.0. The molecule has 1 saturated heterocycles. The number of phenols is 1. The number of nitrogens with one attached hydrogen (secondary N) is 1. The number of anilines is 1. The molecule has 1 aliphatic rings. The fourth-order valence-corrected chi connectivity index (χ4v) is 4.24. The first-order valence-electron chi connectivity index (χ1n) is 9.13. The molecule has 0 spiro atoms. The maximum absolute atomic E-state index is 10.6. The Morgan fingerprint density at radius 2 is 2.00 bits per heavy atom. The number of rotatable bonds is 4. The van der Waals surface area contributed by atoms with Crippen LogP contribution in [0.2, 0.25) is 5.02 Å². The zero-order valence-corrected chi connectivity index (χ0v) is 17.2. The maximum atomic E-state index is 10.6. The molecule has 2 atom stereocenters. The maximum Gasteiger partial charge on any atom is 0.174 e. The molecular formula is C21H21ClN4OS. The van der Waals surface area contributed by atoms with E-state index < -0.39 is 0 Å². The second-order valence-corrected chi connectivity index (χ2v) is 7.89. The highest BCUT2D eigenvalue weighted by Crippen LogP contribution is 2.45. The zero-order valence-electron chi connectivity index (χ0n) is 15.6. The molecule has 3 heterocycles. The normalized spacial score (nSPS) is 19.3. The van der Waals surface area contributed by atoms with E-state index in [0.29, 0.717) is 15.8 Å². The third-order valence-corrected chi connectivity index (χ3v) is 5.52. The Hall–Kier alpha value is -2.57. The average molecular weight is 413 g/mol. The predicted molar refractivity (Wildman–Crippen MR) is 116 cm³/mol. The molecule has 144 valence electrons. The second-order valence-electron chi connectivity index (χ2n) is 7.06. The summed E-state index contributed by atoms with van der Waals surface area (Å²) in [6, 6.07) is 14.9. The average Bonchev–Trinajstić information content (AvgIpc) is 3.29. The molecule has 1 aromatic carbocycles. The van der Waals surface area contributed by atoms with Crippen LogP contribution in [0.15, 0.2) is 60.9 Å². The minimum Gasteiger partial charge on any atom is -0.506 e. The van der Waals surface area contributed by atoms with Crippen molar-refractivity contribution in [3.05, 3.63) is 77.3 Å². The van der Waals surface area contributed by atoms with Crippen molar-refractivity contribution in [2.24, 2.45) is 0 Å². The first-order valence-corrected chi connectivity index (χ1v) is 9.92. The van der Waals surface area contributed by atoms with Crippen molar-refractivity contribution in [3.8, 4) is 5.75 Å². The summed E-state index contributed by atoms with van der Waals surface area (Å²) in [6.07, 6.45) is 3.84. The van der Waals surface area contributed by atoms with Gasteiger partial charge in [0.15, 0.2) is 5.11 Å². The van der Waals surface area contributed by atoms with Crippen LogP contribution in [0.25, 0.3) is 0 Å². The summed E-state index contributed by atoms with van der Waals surface area (Å²) < 4.78 is 2.21. The molecule has 1 aliphatic heterocycles. The molecule has 4 rings (SSSR count). The van der Waals surface area contributed by atoms with Crippen LogP contribution in [0.1, 0.15) is 43.4 Å². The minimum absolute atomic E-state index is 0.128. The van der Waals surface area contributed by atoms with Gasteiger partial charge in [-0.2, -0.15) is 0 Å². The van der Waals surface area contributed by atoms with E-state index >= 15 is 0 Å². The molecular weight excluding hydrogens is 392 g/mol. The van der Waals surface area contributed by atoms with E-state index in [9.17, 15) is 5.11 Å². The van der Waals surface area contributed by atoms with E-state index in [-0.39, 0.29) is 23.9 Å². The van der Waals surface area contributed by atoms with Gasteiger partial charge in [-0.15, -0.1) is 0 Å². The van der Waals surface area contributed by atoms with Crippen LogP contribution >= 0.6 is 23.8 Å². The third kappa shape index (κ3) is 3.23.